The van der Waals surface area contributed by atoms with E-state index in [0.717, 1.165) is 58.3 Å². The van der Waals surface area contributed by atoms with Crippen molar-refractivity contribution in [3.8, 4) is 16.8 Å². The Bertz CT molecular complexity index is 3210. The van der Waals surface area contributed by atoms with Crippen molar-refractivity contribution in [2.24, 2.45) is 10.9 Å². The maximum atomic E-state index is 6.54. The van der Waals surface area contributed by atoms with E-state index in [9.17, 15) is 0 Å². The highest BCUT2D eigenvalue weighted by Gasteiger charge is 2.30. The molecule has 2 N–H and O–H groups in total. The Kier molecular flexibility index (Phi) is 7.50. The summed E-state index contributed by atoms with van der Waals surface area (Å²) in [5.74, 6) is 1.28. The number of amidine groups is 1. The molecule has 5 nitrogen and oxygen atoms in total. The Labute approximate surface area is 333 Å². The molecule has 57 heavy (non-hydrogen) atoms. The number of allylic oxidation sites excluding steroid dienone is 5. The number of hydrogen-bond acceptors (Lipinski definition) is 5. The van der Waals surface area contributed by atoms with Crippen LogP contribution in [0.4, 0.5) is 0 Å². The molecule has 2 aliphatic carbocycles. The molecule has 3 aliphatic rings. The van der Waals surface area contributed by atoms with Crippen LogP contribution >= 0.6 is 11.3 Å². The second kappa shape index (κ2) is 13.1. The van der Waals surface area contributed by atoms with Gasteiger partial charge in [-0.05, 0) is 90.6 Å². The SMILES string of the molecule is C1=CCC(C2N=C(C3=CCCC=C3)NC(c3cccc4sc5cc(-c6ccc7c(c6)oc6ccc(-n8c9ccccc9c9ccccc98)cc67)ccc5c34)N2)C=C1. The third-order valence-electron chi connectivity index (χ3n) is 12.0. The Morgan fingerprint density at radius 3 is 2.30 bits per heavy atom. The lowest BCUT2D eigenvalue weighted by molar-refractivity contribution is 0.340. The number of para-hydroxylation sites is 2. The molecular formula is C51H38N4OS. The minimum absolute atomic E-state index is 0.0242. The Hall–Kier alpha value is -6.47. The van der Waals surface area contributed by atoms with Gasteiger partial charge in [-0.3, -0.25) is 5.32 Å². The van der Waals surface area contributed by atoms with E-state index >= 15 is 0 Å². The van der Waals surface area contributed by atoms with E-state index in [1.54, 1.807) is 0 Å². The quantitative estimate of drug-likeness (QED) is 0.184. The summed E-state index contributed by atoms with van der Waals surface area (Å²) in [6.07, 6.45) is 18.6. The number of aromatic nitrogens is 1. The van der Waals surface area contributed by atoms with Crippen molar-refractivity contribution in [1.82, 2.24) is 15.2 Å². The van der Waals surface area contributed by atoms with Gasteiger partial charge in [0, 0.05) is 58.9 Å². The first-order valence-electron chi connectivity index (χ1n) is 19.9. The third-order valence-corrected chi connectivity index (χ3v) is 13.2. The van der Waals surface area contributed by atoms with Crippen molar-refractivity contribution in [3.63, 3.8) is 0 Å². The van der Waals surface area contributed by atoms with Crippen molar-refractivity contribution in [2.75, 3.05) is 0 Å². The van der Waals surface area contributed by atoms with E-state index in [1.165, 1.54) is 58.7 Å². The number of rotatable bonds is 5. The molecular weight excluding hydrogens is 717 g/mol. The van der Waals surface area contributed by atoms with Gasteiger partial charge in [-0.25, -0.2) is 4.99 Å². The highest BCUT2D eigenvalue weighted by atomic mass is 32.1. The molecule has 6 heteroatoms. The first-order chi connectivity index (χ1) is 28.2. The second-order valence-electron chi connectivity index (χ2n) is 15.4. The Balaban J connectivity index is 0.909. The molecule has 0 spiro atoms. The predicted molar refractivity (Wildman–Crippen MR) is 239 cm³/mol. The summed E-state index contributed by atoms with van der Waals surface area (Å²) >= 11 is 1.86. The first kappa shape index (κ1) is 32.7. The molecule has 0 bridgehead atoms. The summed E-state index contributed by atoms with van der Waals surface area (Å²) in [5, 5.41) is 15.1. The van der Waals surface area contributed by atoms with Crippen LogP contribution in [0.1, 0.15) is 31.0 Å². The zero-order valence-electron chi connectivity index (χ0n) is 31.2. The van der Waals surface area contributed by atoms with Gasteiger partial charge >= 0.3 is 0 Å². The highest BCUT2D eigenvalue weighted by molar-refractivity contribution is 7.25. The van der Waals surface area contributed by atoms with Crippen LogP contribution in [-0.2, 0) is 0 Å². The number of aliphatic imine (C=N–C) groups is 1. The minimum Gasteiger partial charge on any atom is -0.456 e. The van der Waals surface area contributed by atoms with Gasteiger partial charge in [0.15, 0.2) is 0 Å². The molecule has 0 amide bonds. The predicted octanol–water partition coefficient (Wildman–Crippen LogP) is 13.0. The molecule has 6 aromatic carbocycles. The van der Waals surface area contributed by atoms with Crippen LogP contribution in [0.5, 0.6) is 0 Å². The maximum absolute atomic E-state index is 6.54. The van der Waals surface area contributed by atoms with Crippen LogP contribution < -0.4 is 10.6 Å². The molecule has 3 atom stereocenters. The Morgan fingerprint density at radius 2 is 1.49 bits per heavy atom. The monoisotopic (exact) mass is 754 g/mol. The van der Waals surface area contributed by atoms with Crippen molar-refractivity contribution in [1.29, 1.82) is 0 Å². The van der Waals surface area contributed by atoms with Gasteiger partial charge in [-0.15, -0.1) is 11.3 Å². The molecule has 3 aromatic heterocycles. The molecule has 274 valence electrons. The topological polar surface area (TPSA) is 54.5 Å². The molecule has 1 aliphatic heterocycles. The number of furan rings is 1. The van der Waals surface area contributed by atoms with Crippen LogP contribution in [-0.4, -0.2) is 16.6 Å². The van der Waals surface area contributed by atoms with Gasteiger partial charge in [0.05, 0.1) is 11.0 Å². The number of nitrogens with zero attached hydrogens (tertiary/aromatic N) is 2. The molecule has 9 aromatic rings. The number of fused-ring (bicyclic) bond motifs is 9. The van der Waals surface area contributed by atoms with E-state index in [4.69, 9.17) is 9.41 Å². The maximum Gasteiger partial charge on any atom is 0.136 e. The molecule has 3 unspecified atom stereocenters. The summed E-state index contributed by atoms with van der Waals surface area (Å²) in [6.45, 7) is 0. The van der Waals surface area contributed by atoms with Gasteiger partial charge < -0.3 is 14.3 Å². The lowest BCUT2D eigenvalue weighted by Gasteiger charge is -2.35. The molecule has 4 heterocycles. The Morgan fingerprint density at radius 1 is 0.667 bits per heavy atom. The average molecular weight is 755 g/mol. The smallest absolute Gasteiger partial charge is 0.136 e. The van der Waals surface area contributed by atoms with Gasteiger partial charge in [-0.1, -0.05) is 109 Å². The summed E-state index contributed by atoms with van der Waals surface area (Å²) in [6, 6.07) is 44.2. The van der Waals surface area contributed by atoms with Crippen LogP contribution in [0.3, 0.4) is 0 Å². The largest absolute Gasteiger partial charge is 0.456 e. The van der Waals surface area contributed by atoms with E-state index in [2.05, 4.69) is 179 Å². The summed E-state index contributed by atoms with van der Waals surface area (Å²) in [4.78, 5) is 5.24. The fraction of sp³-hybridized carbons (Fsp3) is 0.118. The fourth-order valence-corrected chi connectivity index (χ4v) is 10.5. The van der Waals surface area contributed by atoms with E-state index in [-0.39, 0.29) is 12.3 Å². The fourth-order valence-electron chi connectivity index (χ4n) is 9.29. The van der Waals surface area contributed by atoms with Crippen molar-refractivity contribution in [2.45, 2.75) is 31.6 Å². The minimum atomic E-state index is -0.0785. The van der Waals surface area contributed by atoms with E-state index in [0.29, 0.717) is 5.92 Å². The summed E-state index contributed by atoms with van der Waals surface area (Å²) < 4.78 is 11.5. The van der Waals surface area contributed by atoms with Crippen molar-refractivity contribution >= 4 is 81.1 Å². The lowest BCUT2D eigenvalue weighted by Crippen LogP contribution is -2.51. The van der Waals surface area contributed by atoms with Crippen LogP contribution in [0, 0.1) is 5.92 Å². The highest BCUT2D eigenvalue weighted by Crippen LogP contribution is 2.42. The third kappa shape index (κ3) is 5.36. The number of nitrogens with one attached hydrogen (secondary N) is 2. The second-order valence-corrected chi connectivity index (χ2v) is 16.5. The molecule has 0 saturated carbocycles. The van der Waals surface area contributed by atoms with Gasteiger partial charge in [-0.2, -0.15) is 0 Å². The number of thiophene rings is 1. The van der Waals surface area contributed by atoms with Crippen LogP contribution in [0.2, 0.25) is 0 Å². The average Bonchev–Trinajstić information content (AvgIpc) is 3.95. The molecule has 12 rings (SSSR count). The van der Waals surface area contributed by atoms with E-state index in [1.807, 2.05) is 11.3 Å². The van der Waals surface area contributed by atoms with Gasteiger partial charge in [0.25, 0.3) is 0 Å². The van der Waals surface area contributed by atoms with E-state index < -0.39 is 0 Å². The summed E-state index contributed by atoms with van der Waals surface area (Å²) in [5.41, 5.74) is 10.1. The van der Waals surface area contributed by atoms with Gasteiger partial charge in [0.2, 0.25) is 0 Å². The molecule has 0 fully saturated rings. The molecule has 0 saturated heterocycles. The first-order valence-corrected chi connectivity index (χ1v) is 20.8. The van der Waals surface area contributed by atoms with Gasteiger partial charge in [0.1, 0.15) is 29.3 Å². The zero-order valence-corrected chi connectivity index (χ0v) is 32.0. The number of hydrogen-bond donors (Lipinski definition) is 2. The standard InChI is InChI=1S/C51H38N4OS/c1-3-12-31(13-4-1)49-52-50(32-14-5-2-6-15-32)54-51(53-49)40-18-11-21-46-48(40)39-26-23-34(29-47(39)57-46)33-22-25-38-41-30-35(24-27-44(41)56-45(38)28-33)55-42-19-9-7-16-36(42)37-17-8-10-20-43(37)55/h1,3-5,7-12,14-31,49,51,53H,2,6,13H2,(H,52,54). The normalized spacial score (nSPS) is 19.6. The van der Waals surface area contributed by atoms with Crippen LogP contribution in [0.25, 0.3) is 80.7 Å². The lowest BCUT2D eigenvalue weighted by atomic mass is 9.95. The number of benzene rings is 6. The molecule has 0 radical (unpaired) electrons. The zero-order chi connectivity index (χ0) is 37.5. The van der Waals surface area contributed by atoms with Crippen LogP contribution in [0.15, 0.2) is 179 Å². The van der Waals surface area contributed by atoms with Crippen molar-refractivity contribution < 1.29 is 4.42 Å². The van der Waals surface area contributed by atoms with Crippen molar-refractivity contribution in [3.05, 3.63) is 175 Å². The summed E-state index contributed by atoms with van der Waals surface area (Å²) in [7, 11) is 0.